The number of aromatic nitrogens is 8. The van der Waals surface area contributed by atoms with Gasteiger partial charge in [-0.05, 0) is 91.3 Å². The maximum Gasteiger partial charge on any atom is 0.499 e. The average Bonchev–Trinajstić information content (AvgIpc) is 3.81. The van der Waals surface area contributed by atoms with Gasteiger partial charge in [-0.25, -0.2) is 32.4 Å². The van der Waals surface area contributed by atoms with E-state index in [1.807, 2.05) is 71.7 Å². The van der Waals surface area contributed by atoms with Gasteiger partial charge in [0.1, 0.15) is 11.6 Å². The topological polar surface area (TPSA) is 188 Å². The van der Waals surface area contributed by atoms with Gasteiger partial charge in [-0.2, -0.15) is 23.9 Å². The molecule has 3 fully saturated rings. The average molecular weight is 979 g/mol. The van der Waals surface area contributed by atoms with Crippen LogP contribution >= 0.6 is 11.6 Å². The van der Waals surface area contributed by atoms with Gasteiger partial charge in [0.2, 0.25) is 5.28 Å². The monoisotopic (exact) mass is 978 g/mol. The number of anilines is 2. The summed E-state index contributed by atoms with van der Waals surface area (Å²) >= 11 is 5.91. The SMILES string of the molecule is C.C[C@@H]1COCCN1c1cc(N=S(C)(C)=O)nc(Cl)n1.Cc1nn2ccccc2c1-c1nc(N=S(C)(C)=O)cc(N2CCOC[C@H]2C)n1.Cc1nn2ccccc2c1B1OC(C)(C)C(C)(C)O1. The van der Waals surface area contributed by atoms with Gasteiger partial charge in [0.05, 0.1) is 77.7 Å². The lowest BCUT2D eigenvalue weighted by atomic mass is 9.78. The van der Waals surface area contributed by atoms with Crippen LogP contribution in [-0.2, 0) is 38.2 Å². The number of ether oxygens (including phenoxy) is 2. The van der Waals surface area contributed by atoms with Gasteiger partial charge < -0.3 is 28.6 Å². The zero-order valence-electron chi connectivity index (χ0n) is 39.8. The van der Waals surface area contributed by atoms with Crippen LogP contribution in [0.25, 0.3) is 22.4 Å². The molecule has 0 amide bonds. The second kappa shape index (κ2) is 20.4. The summed E-state index contributed by atoms with van der Waals surface area (Å²) in [5.74, 6) is 2.76. The van der Waals surface area contributed by atoms with E-state index in [9.17, 15) is 8.42 Å². The molecule has 0 radical (unpaired) electrons. The highest BCUT2D eigenvalue weighted by atomic mass is 35.5. The van der Waals surface area contributed by atoms with Crippen LogP contribution in [-0.4, -0.2) is 143 Å². The van der Waals surface area contributed by atoms with Crippen molar-refractivity contribution >= 4 is 77.9 Å². The molecule has 0 bridgehead atoms. The lowest BCUT2D eigenvalue weighted by molar-refractivity contribution is 0.00578. The van der Waals surface area contributed by atoms with E-state index in [0.717, 1.165) is 52.4 Å². The Morgan fingerprint density at radius 3 is 1.70 bits per heavy atom. The summed E-state index contributed by atoms with van der Waals surface area (Å²) in [4.78, 5) is 21.9. The lowest BCUT2D eigenvalue weighted by Gasteiger charge is -2.34. The molecular formula is C45H64BClN12O6S2. The number of halogens is 1. The molecular weight excluding hydrogens is 915 g/mol. The Bertz CT molecular complexity index is 2950. The quantitative estimate of drug-likeness (QED) is 0.123. The Balaban J connectivity index is 0.000000170. The predicted octanol–water partition coefficient (Wildman–Crippen LogP) is 6.98. The Labute approximate surface area is 400 Å². The van der Waals surface area contributed by atoms with Crippen molar-refractivity contribution in [3.8, 4) is 11.4 Å². The first-order valence-corrected chi connectivity index (χ1v) is 26.7. The van der Waals surface area contributed by atoms with E-state index in [1.165, 1.54) is 0 Å². The molecule has 0 unspecified atom stereocenters. The molecule has 0 aliphatic carbocycles. The zero-order chi connectivity index (χ0) is 47.8. The van der Waals surface area contributed by atoms with Crippen molar-refractivity contribution in [2.24, 2.45) is 8.73 Å². The Hall–Kier alpha value is -4.77. The van der Waals surface area contributed by atoms with Crippen LogP contribution in [0.3, 0.4) is 0 Å². The van der Waals surface area contributed by atoms with Gasteiger partial charge >= 0.3 is 7.12 Å². The van der Waals surface area contributed by atoms with Crippen LogP contribution in [0.15, 0.2) is 69.7 Å². The predicted molar refractivity (Wildman–Crippen MR) is 270 cm³/mol. The van der Waals surface area contributed by atoms with Crippen molar-refractivity contribution in [1.82, 2.24) is 39.2 Å². The minimum atomic E-state index is -2.36. The van der Waals surface area contributed by atoms with Crippen molar-refractivity contribution in [1.29, 1.82) is 0 Å². The van der Waals surface area contributed by atoms with Gasteiger partial charge in [-0.15, -0.1) is 0 Å². The summed E-state index contributed by atoms with van der Waals surface area (Å²) < 4.78 is 59.3. The first kappa shape index (κ1) is 51.6. The van der Waals surface area contributed by atoms with Crippen LogP contribution in [0.1, 0.15) is 60.4 Å². The van der Waals surface area contributed by atoms with Crippen LogP contribution in [0.5, 0.6) is 0 Å². The normalized spacial score (nSPS) is 19.3. The summed E-state index contributed by atoms with van der Waals surface area (Å²) in [6.45, 7) is 20.4. The summed E-state index contributed by atoms with van der Waals surface area (Å²) in [5, 5.41) is 9.19. The fourth-order valence-corrected chi connectivity index (χ4v) is 8.94. The van der Waals surface area contributed by atoms with Crippen molar-refractivity contribution in [2.45, 2.75) is 86.1 Å². The largest absolute Gasteiger partial charge is 0.499 e. The number of pyridine rings is 2. The fourth-order valence-electron chi connectivity index (χ4n) is 7.68. The van der Waals surface area contributed by atoms with Gasteiger partial charge in [0, 0.05) is 87.6 Å². The highest BCUT2D eigenvalue weighted by molar-refractivity contribution is 7.92. The molecule has 3 saturated heterocycles. The Morgan fingerprint density at radius 1 is 0.701 bits per heavy atom. The third-order valence-corrected chi connectivity index (χ3v) is 12.9. The highest BCUT2D eigenvalue weighted by Crippen LogP contribution is 2.37. The number of rotatable bonds is 6. The van der Waals surface area contributed by atoms with Crippen LogP contribution in [0, 0.1) is 13.8 Å². The van der Waals surface area contributed by atoms with E-state index in [1.54, 1.807) is 37.2 Å². The van der Waals surface area contributed by atoms with Crippen LogP contribution in [0.4, 0.5) is 23.3 Å². The number of hydrogen-bond acceptors (Lipinski definition) is 16. The molecule has 0 aromatic carbocycles. The molecule has 0 saturated carbocycles. The molecule has 0 N–H and O–H groups in total. The molecule has 6 aromatic rings. The van der Waals surface area contributed by atoms with Crippen molar-refractivity contribution in [3.05, 3.63) is 77.6 Å². The molecule has 6 aromatic heterocycles. The maximum atomic E-state index is 12.3. The number of fused-ring (bicyclic) bond motifs is 2. The molecule has 18 nitrogen and oxygen atoms in total. The number of nitrogens with zero attached hydrogens (tertiary/aromatic N) is 12. The molecule has 9 heterocycles. The van der Waals surface area contributed by atoms with Gasteiger partial charge in [0.25, 0.3) is 0 Å². The van der Waals surface area contributed by atoms with Gasteiger partial charge in [-0.3, -0.25) is 0 Å². The minimum Gasteiger partial charge on any atom is -0.399 e. The lowest BCUT2D eigenvalue weighted by Crippen LogP contribution is -2.44. The van der Waals surface area contributed by atoms with Crippen molar-refractivity contribution < 1.29 is 27.2 Å². The number of morpholine rings is 2. The van der Waals surface area contributed by atoms with Gasteiger partial charge in [0.15, 0.2) is 17.5 Å². The molecule has 0 spiro atoms. The minimum absolute atomic E-state index is 0. The van der Waals surface area contributed by atoms with Crippen molar-refractivity contribution in [3.63, 3.8) is 0 Å². The van der Waals surface area contributed by atoms with E-state index in [-0.39, 0.29) is 43.1 Å². The second-order valence-electron chi connectivity index (χ2n) is 18.1. The third-order valence-electron chi connectivity index (χ3n) is 11.5. The summed E-state index contributed by atoms with van der Waals surface area (Å²) in [6, 6.07) is 15.8. The first-order valence-electron chi connectivity index (χ1n) is 21.7. The molecule has 3 aliphatic rings. The zero-order valence-corrected chi connectivity index (χ0v) is 42.1. The highest BCUT2D eigenvalue weighted by Gasteiger charge is 2.53. The van der Waals surface area contributed by atoms with Crippen LogP contribution < -0.4 is 15.3 Å². The number of hydrogen-bond donors (Lipinski definition) is 0. The third kappa shape index (κ3) is 12.3. The summed E-state index contributed by atoms with van der Waals surface area (Å²) in [5.41, 5.74) is 4.98. The van der Waals surface area contributed by atoms with Crippen LogP contribution in [0.2, 0.25) is 5.28 Å². The molecule has 22 heteroatoms. The molecule has 2 atom stereocenters. The number of aryl methyl sites for hydroxylation is 2. The van der Waals surface area contributed by atoms with Crippen molar-refractivity contribution in [2.75, 3.05) is 74.3 Å². The van der Waals surface area contributed by atoms with E-state index < -0.39 is 19.5 Å². The van der Waals surface area contributed by atoms with E-state index in [0.29, 0.717) is 49.7 Å². The first-order chi connectivity index (χ1) is 31.0. The second-order valence-corrected chi connectivity index (χ2v) is 23.6. The summed E-state index contributed by atoms with van der Waals surface area (Å²) in [7, 11) is -4.98. The van der Waals surface area contributed by atoms with E-state index in [4.69, 9.17) is 35.4 Å². The Morgan fingerprint density at radius 2 is 1.18 bits per heavy atom. The molecule has 362 valence electrons. The van der Waals surface area contributed by atoms with E-state index >= 15 is 0 Å². The summed E-state index contributed by atoms with van der Waals surface area (Å²) in [6.07, 6.45) is 10.2. The molecule has 9 rings (SSSR count). The molecule has 67 heavy (non-hydrogen) atoms. The van der Waals surface area contributed by atoms with Gasteiger partial charge in [-0.1, -0.05) is 19.6 Å². The fraction of sp³-hybridized carbons (Fsp3) is 0.511. The van der Waals surface area contributed by atoms with E-state index in [2.05, 4.69) is 85.2 Å². The smallest absolute Gasteiger partial charge is 0.399 e. The standard InChI is InChI=1S/C19H24N6O2S.C14H19BN2O2.C11H17ClN4O2S.CH4/c1-13-12-27-10-9-24(13)17-11-16(23-28(3,4)26)20-19(21-17)18-14(2)22-25-8-6-5-7-15(18)25;1-10-12(11-8-6-7-9-17(11)16-10)15-18-13(2,3)14(4,5)19-15;1-8-7-18-5-4-16(8)10-6-9(13-11(12)14-10)15-19(2,3)17;/h5-8,11,13H,9-10,12H2,1-4H3;6-9H,1-5H3;6,8H,4-5,7H2,1-3H3;1H4/t13-;;8-;/m1.1./s1. The maximum absolute atomic E-state index is 12.3. The Kier molecular flexibility index (Phi) is 15.8. The molecule has 3 aliphatic heterocycles.